The van der Waals surface area contributed by atoms with Gasteiger partial charge in [-0.2, -0.15) is 0 Å². The van der Waals surface area contributed by atoms with E-state index < -0.39 is 0 Å². The van der Waals surface area contributed by atoms with Gasteiger partial charge in [0.15, 0.2) is 0 Å². The molecule has 0 radical (unpaired) electrons. The van der Waals surface area contributed by atoms with Crippen molar-refractivity contribution >= 4 is 11.4 Å². The SMILES string of the molecule is COCCOCCOCCOCCOCCN(C)CCCN1c2ccccc2CCc2ccccc21. The molecular weight excluding hydrogens is 456 g/mol. The van der Waals surface area contributed by atoms with E-state index in [1.165, 1.54) is 22.5 Å². The standard InChI is InChI=1S/C29H44N2O5/c1-30(16-17-33-20-21-35-24-25-36-23-22-34-19-18-32-2)14-7-15-31-28-10-5-3-8-26(28)12-13-27-9-4-6-11-29(27)31/h3-6,8-11H,7,12-25H2,1-2H3. The fourth-order valence-electron chi connectivity index (χ4n) is 4.35. The molecule has 7 heteroatoms. The molecule has 0 bridgehead atoms. The predicted molar refractivity (Wildman–Crippen MR) is 145 cm³/mol. The highest BCUT2D eigenvalue weighted by atomic mass is 16.6. The van der Waals surface area contributed by atoms with Crippen molar-refractivity contribution < 1.29 is 23.7 Å². The number of nitrogens with zero attached hydrogens (tertiary/aromatic N) is 2. The van der Waals surface area contributed by atoms with Crippen LogP contribution in [0.15, 0.2) is 48.5 Å². The number of benzene rings is 2. The summed E-state index contributed by atoms with van der Waals surface area (Å²) < 4.78 is 27.0. The van der Waals surface area contributed by atoms with Gasteiger partial charge in [0.25, 0.3) is 0 Å². The van der Waals surface area contributed by atoms with Crippen molar-refractivity contribution in [2.24, 2.45) is 0 Å². The first-order valence-corrected chi connectivity index (χ1v) is 13.2. The first-order valence-electron chi connectivity index (χ1n) is 13.2. The molecule has 3 rings (SSSR count). The number of hydrogen-bond donors (Lipinski definition) is 0. The second-order valence-electron chi connectivity index (χ2n) is 9.01. The smallest absolute Gasteiger partial charge is 0.0701 e. The number of ether oxygens (including phenoxy) is 5. The van der Waals surface area contributed by atoms with Crippen molar-refractivity contribution in [3.8, 4) is 0 Å². The van der Waals surface area contributed by atoms with Crippen LogP contribution in [0.3, 0.4) is 0 Å². The Balaban J connectivity index is 1.23. The molecule has 7 nitrogen and oxygen atoms in total. The van der Waals surface area contributed by atoms with Gasteiger partial charge in [-0.05, 0) is 56.1 Å². The third-order valence-electron chi connectivity index (χ3n) is 6.32. The van der Waals surface area contributed by atoms with E-state index in [4.69, 9.17) is 23.7 Å². The fourth-order valence-corrected chi connectivity index (χ4v) is 4.35. The third-order valence-corrected chi connectivity index (χ3v) is 6.32. The first kappa shape index (κ1) is 28.6. The lowest BCUT2D eigenvalue weighted by Gasteiger charge is -2.28. The Morgan fingerprint density at radius 3 is 1.64 bits per heavy atom. The van der Waals surface area contributed by atoms with Crippen molar-refractivity contribution in [2.45, 2.75) is 19.3 Å². The lowest BCUT2D eigenvalue weighted by Crippen LogP contribution is -2.28. The zero-order valence-electron chi connectivity index (χ0n) is 22.2. The summed E-state index contributed by atoms with van der Waals surface area (Å²) in [5.41, 5.74) is 5.59. The number of aryl methyl sites for hydroxylation is 2. The molecule has 0 unspecified atom stereocenters. The van der Waals surface area contributed by atoms with Gasteiger partial charge in [0, 0.05) is 31.6 Å². The van der Waals surface area contributed by atoms with Crippen LogP contribution in [-0.4, -0.2) is 98.2 Å². The average Bonchev–Trinajstić information content (AvgIpc) is 3.06. The van der Waals surface area contributed by atoms with Crippen LogP contribution in [0, 0.1) is 0 Å². The first-order chi connectivity index (χ1) is 17.8. The van der Waals surface area contributed by atoms with Crippen LogP contribution >= 0.6 is 0 Å². The molecule has 0 atom stereocenters. The van der Waals surface area contributed by atoms with Crippen LogP contribution in [0.1, 0.15) is 17.5 Å². The molecule has 200 valence electrons. The molecule has 0 fully saturated rings. The maximum atomic E-state index is 5.74. The van der Waals surface area contributed by atoms with Crippen molar-refractivity contribution in [3.05, 3.63) is 59.7 Å². The molecule has 0 amide bonds. The zero-order chi connectivity index (χ0) is 25.3. The topological polar surface area (TPSA) is 52.6 Å². The van der Waals surface area contributed by atoms with Crippen LogP contribution in [0.5, 0.6) is 0 Å². The van der Waals surface area contributed by atoms with Gasteiger partial charge in [0.1, 0.15) is 0 Å². The number of methoxy groups -OCH3 is 1. The number of hydrogen-bond acceptors (Lipinski definition) is 7. The van der Waals surface area contributed by atoms with Gasteiger partial charge in [-0.1, -0.05) is 36.4 Å². The quantitative estimate of drug-likeness (QED) is 0.271. The van der Waals surface area contributed by atoms with Gasteiger partial charge in [-0.3, -0.25) is 0 Å². The fraction of sp³-hybridized carbons (Fsp3) is 0.586. The maximum Gasteiger partial charge on any atom is 0.0701 e. The summed E-state index contributed by atoms with van der Waals surface area (Å²) in [5, 5.41) is 0. The second-order valence-corrected chi connectivity index (χ2v) is 9.01. The normalized spacial score (nSPS) is 13.0. The summed E-state index contributed by atoms with van der Waals surface area (Å²) >= 11 is 0. The lowest BCUT2D eigenvalue weighted by atomic mass is 10.0. The Bertz CT molecular complexity index is 802. The molecule has 1 aliphatic heterocycles. The Kier molecular flexibility index (Phi) is 13.9. The van der Waals surface area contributed by atoms with Crippen molar-refractivity contribution in [3.63, 3.8) is 0 Å². The largest absolute Gasteiger partial charge is 0.382 e. The molecule has 0 saturated carbocycles. The minimum absolute atomic E-state index is 0.572. The van der Waals surface area contributed by atoms with Gasteiger partial charge in [0.05, 0.1) is 59.5 Å². The molecule has 0 N–H and O–H groups in total. The van der Waals surface area contributed by atoms with Crippen LogP contribution in [0.25, 0.3) is 0 Å². The summed E-state index contributed by atoms with van der Waals surface area (Å²) in [6, 6.07) is 17.7. The predicted octanol–water partition coefficient (Wildman–Crippen LogP) is 3.96. The number of rotatable bonds is 19. The van der Waals surface area contributed by atoms with Gasteiger partial charge in [-0.25, -0.2) is 0 Å². The molecule has 0 aliphatic carbocycles. The maximum absolute atomic E-state index is 5.74. The van der Waals surface area contributed by atoms with E-state index in [0.717, 1.165) is 38.9 Å². The Morgan fingerprint density at radius 2 is 1.11 bits per heavy atom. The van der Waals surface area contributed by atoms with E-state index in [-0.39, 0.29) is 0 Å². The summed E-state index contributed by atoms with van der Waals surface area (Å²) in [7, 11) is 3.83. The van der Waals surface area contributed by atoms with Crippen LogP contribution in [-0.2, 0) is 36.5 Å². The van der Waals surface area contributed by atoms with E-state index >= 15 is 0 Å². The van der Waals surface area contributed by atoms with Crippen molar-refractivity contribution in [2.75, 3.05) is 98.2 Å². The molecule has 0 aromatic heterocycles. The summed E-state index contributed by atoms with van der Waals surface area (Å²) in [6.45, 7) is 8.38. The molecule has 1 heterocycles. The molecule has 0 saturated heterocycles. The van der Waals surface area contributed by atoms with Crippen LogP contribution in [0.2, 0.25) is 0 Å². The third kappa shape index (κ3) is 10.2. The highest BCUT2D eigenvalue weighted by Crippen LogP contribution is 2.35. The van der Waals surface area contributed by atoms with E-state index in [1.807, 2.05) is 0 Å². The number of likely N-dealkylation sites (N-methyl/N-ethyl adjacent to an activating group) is 1. The van der Waals surface area contributed by atoms with Gasteiger partial charge in [0.2, 0.25) is 0 Å². The molecular formula is C29H44N2O5. The van der Waals surface area contributed by atoms with E-state index in [1.54, 1.807) is 7.11 Å². The van der Waals surface area contributed by atoms with E-state index in [0.29, 0.717) is 59.5 Å². The Labute approximate surface area is 217 Å². The van der Waals surface area contributed by atoms with E-state index in [2.05, 4.69) is 65.4 Å². The number of anilines is 2. The van der Waals surface area contributed by atoms with Crippen molar-refractivity contribution in [1.82, 2.24) is 4.90 Å². The van der Waals surface area contributed by atoms with Crippen molar-refractivity contribution in [1.29, 1.82) is 0 Å². The lowest BCUT2D eigenvalue weighted by molar-refractivity contribution is -0.00886. The van der Waals surface area contributed by atoms with Gasteiger partial charge in [-0.15, -0.1) is 0 Å². The number of fused-ring (bicyclic) bond motifs is 2. The summed E-state index contributed by atoms with van der Waals surface area (Å²) in [5.74, 6) is 0. The monoisotopic (exact) mass is 500 g/mol. The highest BCUT2D eigenvalue weighted by molar-refractivity contribution is 5.71. The summed E-state index contributed by atoms with van der Waals surface area (Å²) in [6.07, 6.45) is 3.30. The average molecular weight is 501 g/mol. The molecule has 36 heavy (non-hydrogen) atoms. The minimum Gasteiger partial charge on any atom is -0.382 e. The minimum atomic E-state index is 0.572. The van der Waals surface area contributed by atoms with Gasteiger partial charge < -0.3 is 33.5 Å². The Hall–Kier alpha value is -2.00. The van der Waals surface area contributed by atoms with E-state index in [9.17, 15) is 0 Å². The molecule has 2 aromatic rings. The van der Waals surface area contributed by atoms with Crippen LogP contribution < -0.4 is 4.90 Å². The van der Waals surface area contributed by atoms with Gasteiger partial charge >= 0.3 is 0 Å². The summed E-state index contributed by atoms with van der Waals surface area (Å²) in [4.78, 5) is 4.86. The molecule has 0 spiro atoms. The zero-order valence-corrected chi connectivity index (χ0v) is 22.2. The Morgan fingerprint density at radius 1 is 0.639 bits per heavy atom. The molecule has 2 aromatic carbocycles. The second kappa shape index (κ2) is 17.5. The molecule has 1 aliphatic rings. The van der Waals surface area contributed by atoms with Crippen LogP contribution in [0.4, 0.5) is 11.4 Å². The highest BCUT2D eigenvalue weighted by Gasteiger charge is 2.19. The number of para-hydroxylation sites is 2.